The Hall–Kier alpha value is -1.66. The summed E-state index contributed by atoms with van der Waals surface area (Å²) in [5.74, 6) is -0.723. The van der Waals surface area contributed by atoms with Crippen LogP contribution < -0.4 is 16.0 Å². The summed E-state index contributed by atoms with van der Waals surface area (Å²) in [5, 5.41) is 8.49. The second kappa shape index (κ2) is 7.75. The molecule has 23 heavy (non-hydrogen) atoms. The van der Waals surface area contributed by atoms with Crippen LogP contribution in [0.1, 0.15) is 37.2 Å². The first-order chi connectivity index (χ1) is 10.6. The maximum Gasteiger partial charge on any atom is 0.249 e. The van der Waals surface area contributed by atoms with E-state index in [2.05, 4.69) is 16.0 Å². The number of carbonyl (C=O) groups excluding carboxylic acids is 2. The summed E-state index contributed by atoms with van der Waals surface area (Å²) in [6.45, 7) is 1.80. The Balaban J connectivity index is 0.00000192. The molecule has 2 fully saturated rings. The quantitative estimate of drug-likeness (QED) is 0.735. The largest absolute Gasteiger partial charge is 0.371 e. The molecule has 1 unspecified atom stereocenters. The molecule has 5 nitrogen and oxygen atoms in total. The van der Waals surface area contributed by atoms with Crippen molar-refractivity contribution in [2.45, 2.75) is 37.6 Å². The van der Waals surface area contributed by atoms with Crippen molar-refractivity contribution in [3.63, 3.8) is 0 Å². The van der Waals surface area contributed by atoms with Crippen molar-refractivity contribution >= 4 is 29.9 Å². The van der Waals surface area contributed by atoms with E-state index < -0.39 is 6.04 Å². The zero-order valence-electron chi connectivity index (χ0n) is 12.7. The number of imide groups is 1. The topological polar surface area (TPSA) is 70.2 Å². The Morgan fingerprint density at radius 2 is 1.87 bits per heavy atom. The van der Waals surface area contributed by atoms with Gasteiger partial charge in [-0.3, -0.25) is 14.9 Å². The summed E-state index contributed by atoms with van der Waals surface area (Å²) < 4.78 is 14.7. The predicted molar refractivity (Wildman–Crippen MR) is 88.3 cm³/mol. The van der Waals surface area contributed by atoms with E-state index in [1.165, 1.54) is 0 Å². The highest BCUT2D eigenvalue weighted by molar-refractivity contribution is 6.01. The highest BCUT2D eigenvalue weighted by Crippen LogP contribution is 2.31. The molecule has 2 aliphatic rings. The van der Waals surface area contributed by atoms with Gasteiger partial charge in [0.15, 0.2) is 0 Å². The molecule has 126 valence electrons. The summed E-state index contributed by atoms with van der Waals surface area (Å²) >= 11 is 0. The van der Waals surface area contributed by atoms with E-state index in [1.54, 1.807) is 6.07 Å². The Kier molecular flexibility index (Phi) is 5.96. The van der Waals surface area contributed by atoms with Crippen LogP contribution in [0.2, 0.25) is 0 Å². The highest BCUT2D eigenvalue weighted by atomic mass is 35.5. The lowest BCUT2D eigenvalue weighted by Crippen LogP contribution is -2.47. The van der Waals surface area contributed by atoms with Gasteiger partial charge in [-0.1, -0.05) is 12.1 Å². The maximum atomic E-state index is 14.7. The van der Waals surface area contributed by atoms with Crippen molar-refractivity contribution < 1.29 is 14.0 Å². The van der Waals surface area contributed by atoms with Crippen molar-refractivity contribution in [2.75, 3.05) is 18.4 Å². The minimum absolute atomic E-state index is 0. The van der Waals surface area contributed by atoms with E-state index in [-0.39, 0.29) is 42.4 Å². The van der Waals surface area contributed by atoms with Crippen LogP contribution in [0, 0.1) is 5.82 Å². The third-order valence-electron chi connectivity index (χ3n) is 4.38. The highest BCUT2D eigenvalue weighted by Gasteiger charge is 2.28. The molecule has 0 spiro atoms. The zero-order valence-corrected chi connectivity index (χ0v) is 13.5. The smallest absolute Gasteiger partial charge is 0.249 e. The zero-order chi connectivity index (χ0) is 15.5. The number of amides is 2. The van der Waals surface area contributed by atoms with E-state index in [0.717, 1.165) is 25.9 Å². The van der Waals surface area contributed by atoms with Crippen LogP contribution in [0.3, 0.4) is 0 Å². The molecule has 3 N–H and O–H groups in total. The van der Waals surface area contributed by atoms with Gasteiger partial charge in [0.05, 0.1) is 5.69 Å². The second-order valence-corrected chi connectivity index (χ2v) is 5.88. The third kappa shape index (κ3) is 4.00. The normalized spacial score (nSPS) is 22.2. The summed E-state index contributed by atoms with van der Waals surface area (Å²) in [4.78, 5) is 22.9. The molecule has 2 heterocycles. The van der Waals surface area contributed by atoms with Crippen molar-refractivity contribution in [1.29, 1.82) is 0 Å². The van der Waals surface area contributed by atoms with Gasteiger partial charge in [-0.15, -0.1) is 12.4 Å². The second-order valence-electron chi connectivity index (χ2n) is 5.88. The van der Waals surface area contributed by atoms with Gasteiger partial charge < -0.3 is 10.6 Å². The Morgan fingerprint density at radius 1 is 1.13 bits per heavy atom. The van der Waals surface area contributed by atoms with E-state index in [1.807, 2.05) is 12.1 Å². The lowest BCUT2D eigenvalue weighted by molar-refractivity contribution is -0.133. The molecule has 3 rings (SSSR count). The third-order valence-corrected chi connectivity index (χ3v) is 4.38. The molecule has 1 aromatic rings. The molecule has 2 saturated heterocycles. The molecule has 0 radical (unpaired) electrons. The fraction of sp³-hybridized carbons (Fsp3) is 0.500. The van der Waals surface area contributed by atoms with Crippen molar-refractivity contribution in [1.82, 2.24) is 10.6 Å². The maximum absolute atomic E-state index is 14.7. The van der Waals surface area contributed by atoms with E-state index >= 15 is 0 Å². The minimum Gasteiger partial charge on any atom is -0.371 e. The van der Waals surface area contributed by atoms with Crippen LogP contribution in [0.15, 0.2) is 18.2 Å². The van der Waals surface area contributed by atoms with Crippen LogP contribution in [-0.2, 0) is 9.59 Å². The van der Waals surface area contributed by atoms with Gasteiger partial charge in [-0.2, -0.15) is 0 Å². The van der Waals surface area contributed by atoms with Gasteiger partial charge >= 0.3 is 0 Å². The molecule has 1 atom stereocenters. The predicted octanol–water partition coefficient (Wildman–Crippen LogP) is 1.93. The fourth-order valence-corrected chi connectivity index (χ4v) is 3.13. The van der Waals surface area contributed by atoms with Gasteiger partial charge in [0.2, 0.25) is 11.8 Å². The summed E-state index contributed by atoms with van der Waals surface area (Å²) in [7, 11) is 0. The lowest BCUT2D eigenvalue weighted by Gasteiger charge is -2.26. The number of benzene rings is 1. The Labute approximate surface area is 140 Å². The van der Waals surface area contributed by atoms with Crippen LogP contribution in [-0.4, -0.2) is 30.9 Å². The molecular weight excluding hydrogens is 321 g/mol. The number of anilines is 1. The molecular formula is C16H21ClFN3O2. The van der Waals surface area contributed by atoms with Crippen molar-refractivity contribution in [3.05, 3.63) is 29.6 Å². The first-order valence-corrected chi connectivity index (χ1v) is 7.74. The Bertz CT molecular complexity index is 591. The molecule has 0 saturated carbocycles. The summed E-state index contributed by atoms with van der Waals surface area (Å²) in [6.07, 6.45) is 2.50. The minimum atomic E-state index is -0.560. The Morgan fingerprint density at radius 3 is 2.57 bits per heavy atom. The number of nitrogens with one attached hydrogen (secondary N) is 3. The van der Waals surface area contributed by atoms with E-state index in [0.29, 0.717) is 17.7 Å². The van der Waals surface area contributed by atoms with Crippen LogP contribution >= 0.6 is 12.4 Å². The average Bonchev–Trinajstić information content (AvgIpc) is 2.53. The number of carbonyl (C=O) groups is 2. The first-order valence-electron chi connectivity index (χ1n) is 7.74. The molecule has 2 aliphatic heterocycles. The molecule has 2 amide bonds. The average molecular weight is 342 g/mol. The molecule has 0 aliphatic carbocycles. The number of piperidine rings is 2. The molecule has 0 aromatic heterocycles. The first kappa shape index (κ1) is 17.7. The van der Waals surface area contributed by atoms with Gasteiger partial charge in [0, 0.05) is 6.42 Å². The number of rotatable bonds is 3. The number of halogens is 2. The fourth-order valence-electron chi connectivity index (χ4n) is 3.13. The van der Waals surface area contributed by atoms with Crippen LogP contribution in [0.25, 0.3) is 0 Å². The molecule has 1 aromatic carbocycles. The molecule has 0 bridgehead atoms. The standard InChI is InChI=1S/C16H20FN3O2.ClH/c17-15-11(10-6-8-18-9-7-10)2-1-3-12(15)19-13-4-5-14(21)20-16(13)22;/h1-3,10,13,18-19H,4-9H2,(H,20,21,22);1H. The van der Waals surface area contributed by atoms with Crippen molar-refractivity contribution in [2.24, 2.45) is 0 Å². The lowest BCUT2D eigenvalue weighted by atomic mass is 9.89. The summed E-state index contributed by atoms with van der Waals surface area (Å²) in [5.41, 5.74) is 1.05. The van der Waals surface area contributed by atoms with Crippen molar-refractivity contribution in [3.8, 4) is 0 Å². The van der Waals surface area contributed by atoms with Gasteiger partial charge in [-0.05, 0) is 49.9 Å². The van der Waals surface area contributed by atoms with Gasteiger partial charge in [0.25, 0.3) is 0 Å². The van der Waals surface area contributed by atoms with Crippen LogP contribution in [0.5, 0.6) is 0 Å². The van der Waals surface area contributed by atoms with E-state index in [9.17, 15) is 14.0 Å². The van der Waals surface area contributed by atoms with Gasteiger partial charge in [0.1, 0.15) is 11.9 Å². The van der Waals surface area contributed by atoms with Gasteiger partial charge in [-0.25, -0.2) is 4.39 Å². The summed E-state index contributed by atoms with van der Waals surface area (Å²) in [6, 6.07) is 4.72. The monoisotopic (exact) mass is 341 g/mol. The van der Waals surface area contributed by atoms with E-state index in [4.69, 9.17) is 0 Å². The number of hydrogen-bond donors (Lipinski definition) is 3. The molecule has 7 heteroatoms. The number of hydrogen-bond acceptors (Lipinski definition) is 4. The van der Waals surface area contributed by atoms with Crippen LogP contribution in [0.4, 0.5) is 10.1 Å². The SMILES string of the molecule is Cl.O=C1CCC(Nc2cccc(C3CCNCC3)c2F)C(=O)N1.